The molecule has 4 nitrogen and oxygen atoms in total. The Kier molecular flexibility index (Phi) is 4.94. The van der Waals surface area contributed by atoms with Crippen molar-refractivity contribution in [3.8, 4) is 11.8 Å². The van der Waals surface area contributed by atoms with Crippen molar-refractivity contribution in [1.82, 2.24) is 4.90 Å². The smallest absolute Gasteiger partial charge is 0.255 e. The summed E-state index contributed by atoms with van der Waals surface area (Å²) in [5, 5.41) is 0. The van der Waals surface area contributed by atoms with Crippen LogP contribution in [0.2, 0.25) is 0 Å². The van der Waals surface area contributed by atoms with Crippen LogP contribution < -0.4 is 5.73 Å². The molecule has 2 rings (SSSR count). The third-order valence-corrected chi connectivity index (χ3v) is 3.24. The van der Waals surface area contributed by atoms with E-state index >= 15 is 0 Å². The summed E-state index contributed by atoms with van der Waals surface area (Å²) >= 11 is 0. The summed E-state index contributed by atoms with van der Waals surface area (Å²) in [4.78, 5) is 14.3. The molecule has 0 unspecified atom stereocenters. The second kappa shape index (κ2) is 6.70. The average molecular weight is 290 g/mol. The number of hydrogen-bond acceptors (Lipinski definition) is 3. The zero-order chi connectivity index (χ0) is 15.4. The average Bonchev–Trinajstić information content (AvgIpc) is 2.44. The Bertz CT molecular complexity index is 582. The molecule has 0 aromatic heterocycles. The zero-order valence-corrected chi connectivity index (χ0v) is 12.2. The van der Waals surface area contributed by atoms with Gasteiger partial charge in [0.2, 0.25) is 0 Å². The number of carbonyl (C=O) groups excluding carboxylic acids is 1. The third-order valence-electron chi connectivity index (χ3n) is 3.24. The molecule has 2 atom stereocenters. The summed E-state index contributed by atoms with van der Waals surface area (Å²) in [6.45, 7) is 5.00. The fourth-order valence-electron chi connectivity index (χ4n) is 2.46. The molecule has 2 N–H and O–H groups in total. The number of hydrogen-bond donors (Lipinski definition) is 1. The van der Waals surface area contributed by atoms with E-state index in [4.69, 9.17) is 10.5 Å². The Morgan fingerprint density at radius 1 is 1.43 bits per heavy atom. The maximum Gasteiger partial charge on any atom is 0.255 e. The first-order valence-corrected chi connectivity index (χ1v) is 6.94. The van der Waals surface area contributed by atoms with Crippen molar-refractivity contribution in [2.24, 2.45) is 5.73 Å². The van der Waals surface area contributed by atoms with Gasteiger partial charge in [-0.1, -0.05) is 11.8 Å². The first-order valence-electron chi connectivity index (χ1n) is 6.94. The van der Waals surface area contributed by atoms with Gasteiger partial charge < -0.3 is 15.4 Å². The second-order valence-electron chi connectivity index (χ2n) is 5.16. The summed E-state index contributed by atoms with van der Waals surface area (Å²) in [5.41, 5.74) is 6.13. The molecule has 1 saturated heterocycles. The molecule has 21 heavy (non-hydrogen) atoms. The van der Waals surface area contributed by atoms with Gasteiger partial charge in [0.1, 0.15) is 5.82 Å². The lowest BCUT2D eigenvalue weighted by Crippen LogP contribution is -2.48. The SMILES string of the molecule is C[C@@H]1CN(C(=O)c2cc(F)ccc2C#CCN)C[C@H](C)O1. The molecule has 1 fully saturated rings. The summed E-state index contributed by atoms with van der Waals surface area (Å²) in [7, 11) is 0. The Morgan fingerprint density at radius 2 is 2.10 bits per heavy atom. The minimum Gasteiger partial charge on any atom is -0.372 e. The van der Waals surface area contributed by atoms with Crippen LogP contribution in [0.15, 0.2) is 18.2 Å². The number of morpholine rings is 1. The van der Waals surface area contributed by atoms with Crippen molar-refractivity contribution in [3.63, 3.8) is 0 Å². The van der Waals surface area contributed by atoms with E-state index in [1.807, 2.05) is 13.8 Å². The molecule has 1 amide bonds. The Hall–Kier alpha value is -1.90. The van der Waals surface area contributed by atoms with E-state index in [9.17, 15) is 9.18 Å². The summed E-state index contributed by atoms with van der Waals surface area (Å²) in [5.74, 6) is 4.84. The number of nitrogens with zero attached hydrogens (tertiary/aromatic N) is 1. The molecule has 112 valence electrons. The number of carbonyl (C=O) groups is 1. The molecule has 5 heteroatoms. The van der Waals surface area contributed by atoms with Gasteiger partial charge in [-0.25, -0.2) is 4.39 Å². The lowest BCUT2D eigenvalue weighted by Gasteiger charge is -2.35. The van der Waals surface area contributed by atoms with Gasteiger partial charge in [0, 0.05) is 18.7 Å². The fraction of sp³-hybridized carbons (Fsp3) is 0.438. The van der Waals surface area contributed by atoms with E-state index in [-0.39, 0.29) is 30.2 Å². The number of halogens is 1. The van der Waals surface area contributed by atoms with Crippen LogP contribution in [0.3, 0.4) is 0 Å². The maximum atomic E-state index is 13.5. The quantitative estimate of drug-likeness (QED) is 0.795. The predicted molar refractivity (Wildman–Crippen MR) is 78.2 cm³/mol. The summed E-state index contributed by atoms with van der Waals surface area (Å²) < 4.78 is 19.1. The molecule has 1 aliphatic heterocycles. The normalized spacial score (nSPS) is 21.6. The monoisotopic (exact) mass is 290 g/mol. The molecule has 0 aliphatic carbocycles. The first kappa shape index (κ1) is 15.5. The number of nitrogens with two attached hydrogens (primary N) is 1. The van der Waals surface area contributed by atoms with Crippen LogP contribution in [0.4, 0.5) is 4.39 Å². The van der Waals surface area contributed by atoms with Crippen molar-refractivity contribution in [1.29, 1.82) is 0 Å². The second-order valence-corrected chi connectivity index (χ2v) is 5.16. The zero-order valence-electron chi connectivity index (χ0n) is 12.2. The summed E-state index contributed by atoms with van der Waals surface area (Å²) in [6.07, 6.45) is -0.0744. The van der Waals surface area contributed by atoms with Gasteiger partial charge >= 0.3 is 0 Å². The van der Waals surface area contributed by atoms with Gasteiger partial charge in [0.05, 0.1) is 24.3 Å². The standard InChI is InChI=1S/C16H19FN2O2/c1-11-9-19(10-12(2)21-11)16(20)15-8-14(17)6-5-13(15)4-3-7-18/h5-6,8,11-12H,7,9-10,18H2,1-2H3/t11-,12+. The Morgan fingerprint density at radius 3 is 2.71 bits per heavy atom. The highest BCUT2D eigenvalue weighted by atomic mass is 19.1. The van der Waals surface area contributed by atoms with Gasteiger partial charge in [0.25, 0.3) is 5.91 Å². The van der Waals surface area contributed by atoms with E-state index in [0.29, 0.717) is 18.7 Å². The number of benzene rings is 1. The Labute approximate surface area is 124 Å². The number of amides is 1. The van der Waals surface area contributed by atoms with Crippen LogP contribution in [0.5, 0.6) is 0 Å². The molecule has 0 spiro atoms. The minimum atomic E-state index is -0.453. The van der Waals surface area contributed by atoms with Gasteiger partial charge in [-0.2, -0.15) is 0 Å². The van der Waals surface area contributed by atoms with Gasteiger partial charge in [-0.3, -0.25) is 4.79 Å². The fourth-order valence-corrected chi connectivity index (χ4v) is 2.46. The van der Waals surface area contributed by atoms with Crippen molar-refractivity contribution in [2.45, 2.75) is 26.1 Å². The van der Waals surface area contributed by atoms with E-state index in [0.717, 1.165) is 0 Å². The van der Waals surface area contributed by atoms with E-state index < -0.39 is 5.82 Å². The van der Waals surface area contributed by atoms with E-state index in [2.05, 4.69) is 11.8 Å². The van der Waals surface area contributed by atoms with Gasteiger partial charge in [-0.15, -0.1) is 0 Å². The molecule has 1 aromatic carbocycles. The molecule has 1 heterocycles. The Balaban J connectivity index is 2.31. The first-order chi connectivity index (χ1) is 10.0. The maximum absolute atomic E-state index is 13.5. The molecular formula is C16H19FN2O2. The van der Waals surface area contributed by atoms with Crippen molar-refractivity contribution in [3.05, 3.63) is 35.1 Å². The van der Waals surface area contributed by atoms with Crippen LogP contribution in [-0.4, -0.2) is 42.6 Å². The highest BCUT2D eigenvalue weighted by molar-refractivity contribution is 5.96. The van der Waals surface area contributed by atoms with Gasteiger partial charge in [-0.05, 0) is 32.0 Å². The van der Waals surface area contributed by atoms with Crippen LogP contribution in [0.1, 0.15) is 29.8 Å². The molecule has 0 saturated carbocycles. The van der Waals surface area contributed by atoms with Crippen molar-refractivity contribution < 1.29 is 13.9 Å². The van der Waals surface area contributed by atoms with Crippen LogP contribution in [-0.2, 0) is 4.74 Å². The van der Waals surface area contributed by atoms with Gasteiger partial charge in [0.15, 0.2) is 0 Å². The van der Waals surface area contributed by atoms with Crippen LogP contribution in [0, 0.1) is 17.7 Å². The van der Waals surface area contributed by atoms with E-state index in [1.54, 1.807) is 4.90 Å². The van der Waals surface area contributed by atoms with Crippen molar-refractivity contribution >= 4 is 5.91 Å². The number of rotatable bonds is 1. The summed E-state index contributed by atoms with van der Waals surface area (Å²) in [6, 6.07) is 4.04. The largest absolute Gasteiger partial charge is 0.372 e. The molecular weight excluding hydrogens is 271 g/mol. The molecule has 1 aromatic rings. The lowest BCUT2D eigenvalue weighted by molar-refractivity contribution is -0.0586. The third kappa shape index (κ3) is 3.81. The van der Waals surface area contributed by atoms with Crippen molar-refractivity contribution in [2.75, 3.05) is 19.6 Å². The lowest BCUT2D eigenvalue weighted by atomic mass is 10.1. The molecule has 0 radical (unpaired) electrons. The van der Waals surface area contributed by atoms with Crippen LogP contribution >= 0.6 is 0 Å². The highest BCUT2D eigenvalue weighted by Gasteiger charge is 2.27. The molecule has 1 aliphatic rings. The number of ether oxygens (including phenoxy) is 1. The predicted octanol–water partition coefficient (Wildman–Crippen LogP) is 1.39. The minimum absolute atomic E-state index is 0.0372. The molecule has 0 bridgehead atoms. The topological polar surface area (TPSA) is 55.6 Å². The van der Waals surface area contributed by atoms with Crippen LogP contribution in [0.25, 0.3) is 0 Å². The van der Waals surface area contributed by atoms with E-state index in [1.165, 1.54) is 18.2 Å². The highest BCUT2D eigenvalue weighted by Crippen LogP contribution is 2.17.